The van der Waals surface area contributed by atoms with Gasteiger partial charge >= 0.3 is 0 Å². The van der Waals surface area contributed by atoms with Crippen molar-refractivity contribution in [3.05, 3.63) is 65.3 Å². The summed E-state index contributed by atoms with van der Waals surface area (Å²) in [5, 5.41) is 1.97. The van der Waals surface area contributed by atoms with E-state index in [9.17, 15) is 4.39 Å². The van der Waals surface area contributed by atoms with Gasteiger partial charge in [0.05, 0.1) is 17.1 Å². The van der Waals surface area contributed by atoms with Crippen molar-refractivity contribution in [1.82, 2.24) is 19.4 Å². The highest BCUT2D eigenvalue weighted by Gasteiger charge is 2.13. The standard InChI is InChI=1S/C17H12FN5S/c18-12-3-1-11(2-4-12)15-14(23-9-10-24-17(23)22-15)6-5-13-7-8-20-16(19)21-13/h1-10H,(H2,19,20,21)/b6-5+. The Morgan fingerprint density at radius 2 is 1.92 bits per heavy atom. The quantitative estimate of drug-likeness (QED) is 0.618. The Bertz CT molecular complexity index is 1030. The minimum Gasteiger partial charge on any atom is -0.368 e. The maximum absolute atomic E-state index is 13.2. The topological polar surface area (TPSA) is 69.1 Å². The van der Waals surface area contributed by atoms with Crippen molar-refractivity contribution in [2.75, 3.05) is 5.73 Å². The van der Waals surface area contributed by atoms with Crippen LogP contribution in [0.4, 0.5) is 10.3 Å². The van der Waals surface area contributed by atoms with Gasteiger partial charge in [-0.3, -0.25) is 4.40 Å². The molecule has 0 aliphatic carbocycles. The van der Waals surface area contributed by atoms with Gasteiger partial charge in [-0.2, -0.15) is 0 Å². The van der Waals surface area contributed by atoms with Crippen LogP contribution in [0.1, 0.15) is 11.4 Å². The molecule has 7 heteroatoms. The van der Waals surface area contributed by atoms with Crippen molar-refractivity contribution in [3.63, 3.8) is 0 Å². The third-order valence-electron chi connectivity index (χ3n) is 3.52. The summed E-state index contributed by atoms with van der Waals surface area (Å²) in [5.41, 5.74) is 8.86. The zero-order chi connectivity index (χ0) is 16.5. The van der Waals surface area contributed by atoms with Gasteiger partial charge in [-0.05, 0) is 42.5 Å². The molecule has 0 aliphatic rings. The zero-order valence-electron chi connectivity index (χ0n) is 12.4. The Morgan fingerprint density at radius 1 is 1.08 bits per heavy atom. The highest BCUT2D eigenvalue weighted by molar-refractivity contribution is 7.15. The lowest BCUT2D eigenvalue weighted by atomic mass is 10.1. The number of nitrogens with zero attached hydrogens (tertiary/aromatic N) is 4. The van der Waals surface area contributed by atoms with Crippen LogP contribution in [0, 0.1) is 5.82 Å². The molecule has 24 heavy (non-hydrogen) atoms. The molecule has 5 nitrogen and oxygen atoms in total. The van der Waals surface area contributed by atoms with Crippen molar-refractivity contribution in [3.8, 4) is 11.3 Å². The number of hydrogen-bond donors (Lipinski definition) is 1. The molecule has 0 fully saturated rings. The van der Waals surface area contributed by atoms with Crippen molar-refractivity contribution >= 4 is 34.4 Å². The second kappa shape index (κ2) is 5.86. The summed E-state index contributed by atoms with van der Waals surface area (Å²) in [6, 6.07) is 8.09. The number of aromatic nitrogens is 4. The van der Waals surface area contributed by atoms with Crippen LogP contribution in [0.3, 0.4) is 0 Å². The van der Waals surface area contributed by atoms with Gasteiger partial charge in [0.2, 0.25) is 5.95 Å². The fourth-order valence-corrected chi connectivity index (χ4v) is 3.15. The van der Waals surface area contributed by atoms with Crippen molar-refractivity contribution in [2.45, 2.75) is 0 Å². The number of hydrogen-bond acceptors (Lipinski definition) is 5. The van der Waals surface area contributed by atoms with E-state index in [4.69, 9.17) is 5.73 Å². The molecule has 1 aromatic carbocycles. The molecule has 4 rings (SSSR count). The Labute approximate surface area is 141 Å². The van der Waals surface area contributed by atoms with Crippen LogP contribution in [-0.2, 0) is 0 Å². The number of halogens is 1. The lowest BCUT2D eigenvalue weighted by Crippen LogP contribution is -1.94. The van der Waals surface area contributed by atoms with Crippen LogP contribution in [0.25, 0.3) is 28.4 Å². The Balaban J connectivity index is 1.82. The summed E-state index contributed by atoms with van der Waals surface area (Å²) in [7, 11) is 0. The Hall–Kier alpha value is -3.06. The zero-order valence-corrected chi connectivity index (χ0v) is 13.2. The first-order chi connectivity index (χ1) is 11.7. The molecule has 0 atom stereocenters. The number of nitrogen functional groups attached to an aromatic ring is 1. The first kappa shape index (κ1) is 14.5. The molecule has 0 saturated heterocycles. The van der Waals surface area contributed by atoms with Crippen LogP contribution < -0.4 is 5.73 Å². The second-order valence-electron chi connectivity index (χ2n) is 5.08. The highest BCUT2D eigenvalue weighted by Crippen LogP contribution is 2.28. The number of rotatable bonds is 3. The molecule has 0 radical (unpaired) electrons. The third-order valence-corrected chi connectivity index (χ3v) is 4.28. The lowest BCUT2D eigenvalue weighted by molar-refractivity contribution is 0.628. The van der Waals surface area contributed by atoms with Crippen molar-refractivity contribution < 1.29 is 4.39 Å². The van der Waals surface area contributed by atoms with Crippen LogP contribution in [0.5, 0.6) is 0 Å². The number of benzene rings is 1. The van der Waals surface area contributed by atoms with E-state index >= 15 is 0 Å². The van der Waals surface area contributed by atoms with Gasteiger partial charge in [0.1, 0.15) is 5.82 Å². The maximum atomic E-state index is 13.2. The molecule has 0 amide bonds. The van der Waals surface area contributed by atoms with Crippen LogP contribution in [0.2, 0.25) is 0 Å². The molecule has 0 spiro atoms. The largest absolute Gasteiger partial charge is 0.368 e. The average Bonchev–Trinajstić information content (AvgIpc) is 3.15. The SMILES string of the molecule is Nc1nccc(/C=C/c2c(-c3ccc(F)cc3)nc3sccn23)n1. The van der Waals surface area contributed by atoms with Crippen molar-refractivity contribution in [1.29, 1.82) is 0 Å². The van der Waals surface area contributed by atoms with Gasteiger partial charge in [0, 0.05) is 23.3 Å². The minimum absolute atomic E-state index is 0.227. The molecule has 118 valence electrons. The average molecular weight is 337 g/mol. The first-order valence-corrected chi connectivity index (χ1v) is 8.07. The monoisotopic (exact) mass is 337 g/mol. The van der Waals surface area contributed by atoms with E-state index in [1.807, 2.05) is 28.1 Å². The Morgan fingerprint density at radius 3 is 2.71 bits per heavy atom. The third kappa shape index (κ3) is 2.65. The van der Waals surface area contributed by atoms with Crippen LogP contribution in [-0.4, -0.2) is 19.4 Å². The summed E-state index contributed by atoms with van der Waals surface area (Å²) >= 11 is 1.54. The minimum atomic E-state index is -0.270. The molecule has 4 aromatic rings. The predicted octanol–water partition coefficient (Wildman–Crippen LogP) is 3.74. The van der Waals surface area contributed by atoms with Gasteiger partial charge in [-0.1, -0.05) is 0 Å². The number of fused-ring (bicyclic) bond motifs is 1. The van der Waals surface area contributed by atoms with Gasteiger partial charge < -0.3 is 5.73 Å². The number of anilines is 1. The van der Waals surface area contributed by atoms with E-state index < -0.39 is 0 Å². The van der Waals surface area contributed by atoms with Gasteiger partial charge in [0.15, 0.2) is 4.96 Å². The van der Waals surface area contributed by atoms with E-state index in [0.29, 0.717) is 5.69 Å². The van der Waals surface area contributed by atoms with E-state index in [1.165, 1.54) is 12.1 Å². The summed E-state index contributed by atoms with van der Waals surface area (Å²) in [5.74, 6) is -0.0433. The molecule has 0 saturated carbocycles. The number of thiazole rings is 1. The smallest absolute Gasteiger partial charge is 0.220 e. The molecular formula is C17H12FN5S. The molecular weight excluding hydrogens is 325 g/mol. The van der Waals surface area contributed by atoms with Crippen molar-refractivity contribution in [2.24, 2.45) is 0 Å². The van der Waals surface area contributed by atoms with Crippen LogP contribution >= 0.6 is 11.3 Å². The van der Waals surface area contributed by atoms with Crippen LogP contribution in [0.15, 0.2) is 48.1 Å². The Kier molecular flexibility index (Phi) is 3.55. The molecule has 3 heterocycles. The van der Waals surface area contributed by atoms with E-state index in [0.717, 1.165) is 21.9 Å². The molecule has 0 bridgehead atoms. The molecule has 0 unspecified atom stereocenters. The predicted molar refractivity (Wildman–Crippen MR) is 93.8 cm³/mol. The normalized spacial score (nSPS) is 11.5. The lowest BCUT2D eigenvalue weighted by Gasteiger charge is -2.00. The number of nitrogens with two attached hydrogens (primary N) is 1. The summed E-state index contributed by atoms with van der Waals surface area (Å²) in [4.78, 5) is 13.6. The van der Waals surface area contributed by atoms with E-state index in [2.05, 4.69) is 15.0 Å². The molecule has 0 aliphatic heterocycles. The first-order valence-electron chi connectivity index (χ1n) is 7.19. The number of imidazole rings is 1. The fraction of sp³-hybridized carbons (Fsp3) is 0. The summed E-state index contributed by atoms with van der Waals surface area (Å²) in [6.45, 7) is 0. The molecule has 3 aromatic heterocycles. The van der Waals surface area contributed by atoms with Gasteiger partial charge in [-0.15, -0.1) is 11.3 Å². The molecule has 2 N–H and O–H groups in total. The summed E-state index contributed by atoms with van der Waals surface area (Å²) < 4.78 is 15.2. The highest BCUT2D eigenvalue weighted by atomic mass is 32.1. The van der Waals surface area contributed by atoms with E-state index in [1.54, 1.807) is 35.7 Å². The van der Waals surface area contributed by atoms with E-state index in [-0.39, 0.29) is 11.8 Å². The summed E-state index contributed by atoms with van der Waals surface area (Å²) in [6.07, 6.45) is 7.34. The van der Waals surface area contributed by atoms with Gasteiger partial charge in [-0.25, -0.2) is 19.3 Å². The second-order valence-corrected chi connectivity index (χ2v) is 5.95. The fourth-order valence-electron chi connectivity index (χ4n) is 2.43. The van der Waals surface area contributed by atoms with Gasteiger partial charge in [0.25, 0.3) is 0 Å². The maximum Gasteiger partial charge on any atom is 0.220 e.